The molecule has 4 rings (SSSR count). The van der Waals surface area contributed by atoms with Crippen molar-refractivity contribution in [3.8, 4) is 0 Å². The molecule has 2 aliphatic rings. The van der Waals surface area contributed by atoms with Crippen molar-refractivity contribution < 1.29 is 14.7 Å². The smallest absolute Gasteiger partial charge is 0.326 e. The van der Waals surface area contributed by atoms with Gasteiger partial charge in [0.25, 0.3) is 0 Å². The van der Waals surface area contributed by atoms with Gasteiger partial charge in [0.05, 0.1) is 5.52 Å². The number of carboxylic acid groups (broad SMARTS) is 1. The monoisotopic (exact) mass is 354 g/mol. The molecular formula is C20H22N2O4. The standard InChI is InChI=1S/C20H22N2O4/c23-18-9-10-21(16-8-4-2-6-14(16)18)12-19(24)22-15-7-3-1-5-13(15)11-17(22)20(25)26/h2,4,6,8-10,13,15,17H,1,3,5,7,11-12H2,(H,25,26)/t13-,15+,17-/m0/s1. The lowest BCUT2D eigenvalue weighted by molar-refractivity contribution is -0.150. The molecule has 1 saturated carbocycles. The number of hydrogen-bond acceptors (Lipinski definition) is 3. The molecule has 0 unspecified atom stereocenters. The van der Waals surface area contributed by atoms with Crippen LogP contribution in [0.3, 0.4) is 0 Å². The fourth-order valence-electron chi connectivity index (χ4n) is 4.66. The highest BCUT2D eigenvalue weighted by atomic mass is 16.4. The number of rotatable bonds is 3. The highest BCUT2D eigenvalue weighted by Gasteiger charge is 2.47. The minimum atomic E-state index is -0.919. The van der Waals surface area contributed by atoms with Gasteiger partial charge in [-0.15, -0.1) is 0 Å². The van der Waals surface area contributed by atoms with Crippen LogP contribution in [-0.2, 0) is 16.1 Å². The van der Waals surface area contributed by atoms with Crippen LogP contribution >= 0.6 is 0 Å². The maximum Gasteiger partial charge on any atom is 0.326 e. The third-order valence-electron chi connectivity index (χ3n) is 5.85. The number of hydrogen-bond donors (Lipinski definition) is 1. The molecule has 1 amide bonds. The Kier molecular flexibility index (Phi) is 4.26. The van der Waals surface area contributed by atoms with E-state index in [2.05, 4.69) is 0 Å². The summed E-state index contributed by atoms with van der Waals surface area (Å²) in [5, 5.41) is 10.2. The van der Waals surface area contributed by atoms with Gasteiger partial charge in [-0.05, 0) is 37.3 Å². The molecule has 3 atom stereocenters. The molecule has 2 aromatic rings. The van der Waals surface area contributed by atoms with Gasteiger partial charge in [0.1, 0.15) is 12.6 Å². The first-order valence-electron chi connectivity index (χ1n) is 9.18. The minimum absolute atomic E-state index is 0.0306. The number of carboxylic acids is 1. The van der Waals surface area contributed by atoms with Crippen molar-refractivity contribution in [3.05, 3.63) is 46.8 Å². The number of likely N-dealkylation sites (tertiary alicyclic amines) is 1. The summed E-state index contributed by atoms with van der Waals surface area (Å²) >= 11 is 0. The van der Waals surface area contributed by atoms with Gasteiger partial charge in [-0.3, -0.25) is 9.59 Å². The lowest BCUT2D eigenvalue weighted by Gasteiger charge is -2.33. The van der Waals surface area contributed by atoms with E-state index in [0.29, 0.717) is 23.2 Å². The number of amides is 1. The Labute approximate surface area is 151 Å². The summed E-state index contributed by atoms with van der Waals surface area (Å²) in [7, 11) is 0. The zero-order valence-electron chi connectivity index (χ0n) is 14.5. The van der Waals surface area contributed by atoms with Crippen LogP contribution in [0.2, 0.25) is 0 Å². The summed E-state index contributed by atoms with van der Waals surface area (Å²) in [6, 6.07) is 7.93. The second kappa shape index (κ2) is 6.59. The van der Waals surface area contributed by atoms with Gasteiger partial charge in [-0.25, -0.2) is 4.79 Å². The fourth-order valence-corrected chi connectivity index (χ4v) is 4.66. The highest BCUT2D eigenvalue weighted by Crippen LogP contribution is 2.40. The molecule has 1 aliphatic heterocycles. The molecule has 0 radical (unpaired) electrons. The van der Waals surface area contributed by atoms with Crippen LogP contribution < -0.4 is 5.43 Å². The topological polar surface area (TPSA) is 79.6 Å². The number of benzene rings is 1. The van der Waals surface area contributed by atoms with Crippen LogP contribution in [0.1, 0.15) is 32.1 Å². The van der Waals surface area contributed by atoms with Crippen LogP contribution in [-0.4, -0.2) is 38.5 Å². The largest absolute Gasteiger partial charge is 0.480 e. The summed E-state index contributed by atoms with van der Waals surface area (Å²) < 4.78 is 1.74. The second-order valence-electron chi connectivity index (χ2n) is 7.33. The Morgan fingerprint density at radius 1 is 1.12 bits per heavy atom. The Morgan fingerprint density at radius 3 is 2.69 bits per heavy atom. The molecule has 1 aliphatic carbocycles. The summed E-state index contributed by atoms with van der Waals surface area (Å²) in [6.45, 7) is 0.0494. The maximum absolute atomic E-state index is 13.1. The summed E-state index contributed by atoms with van der Waals surface area (Å²) in [5.41, 5.74) is 0.612. The molecule has 2 heterocycles. The molecule has 0 bridgehead atoms. The number of nitrogens with zero attached hydrogens (tertiary/aromatic N) is 2. The van der Waals surface area contributed by atoms with Crippen LogP contribution in [0.15, 0.2) is 41.3 Å². The normalized spacial score (nSPS) is 25.2. The van der Waals surface area contributed by atoms with Crippen molar-refractivity contribution in [2.45, 2.75) is 50.7 Å². The van der Waals surface area contributed by atoms with E-state index >= 15 is 0 Å². The van der Waals surface area contributed by atoms with Gasteiger partial charge in [0, 0.05) is 23.7 Å². The second-order valence-corrected chi connectivity index (χ2v) is 7.33. The van der Waals surface area contributed by atoms with Crippen molar-refractivity contribution in [3.63, 3.8) is 0 Å². The minimum Gasteiger partial charge on any atom is -0.480 e. The first-order valence-corrected chi connectivity index (χ1v) is 9.18. The van der Waals surface area contributed by atoms with E-state index in [9.17, 15) is 19.5 Å². The highest BCUT2D eigenvalue weighted by molar-refractivity contribution is 5.86. The van der Waals surface area contributed by atoms with Crippen molar-refractivity contribution >= 4 is 22.8 Å². The zero-order valence-corrected chi connectivity index (χ0v) is 14.5. The van der Waals surface area contributed by atoms with E-state index < -0.39 is 12.0 Å². The van der Waals surface area contributed by atoms with E-state index in [1.54, 1.807) is 27.8 Å². The van der Waals surface area contributed by atoms with Gasteiger partial charge >= 0.3 is 5.97 Å². The number of para-hydroxylation sites is 1. The van der Waals surface area contributed by atoms with Crippen LogP contribution in [0.4, 0.5) is 0 Å². The Morgan fingerprint density at radius 2 is 1.88 bits per heavy atom. The molecular weight excluding hydrogens is 332 g/mol. The number of pyridine rings is 1. The van der Waals surface area contributed by atoms with Gasteiger partial charge in [-0.2, -0.15) is 0 Å². The average Bonchev–Trinajstić information content (AvgIpc) is 3.04. The third-order valence-corrected chi connectivity index (χ3v) is 5.85. The zero-order chi connectivity index (χ0) is 18.3. The molecule has 1 aromatic heterocycles. The average molecular weight is 354 g/mol. The van der Waals surface area contributed by atoms with Gasteiger partial charge in [0.15, 0.2) is 5.43 Å². The number of carbonyl (C=O) groups is 2. The lowest BCUT2D eigenvalue weighted by atomic mass is 9.85. The van der Waals surface area contributed by atoms with E-state index in [4.69, 9.17) is 0 Å². The number of aromatic nitrogens is 1. The number of fused-ring (bicyclic) bond motifs is 2. The van der Waals surface area contributed by atoms with Crippen molar-refractivity contribution in [1.29, 1.82) is 0 Å². The molecule has 2 fully saturated rings. The quantitative estimate of drug-likeness (QED) is 0.917. The first kappa shape index (κ1) is 16.8. The van der Waals surface area contributed by atoms with E-state index in [1.807, 2.05) is 12.1 Å². The van der Waals surface area contributed by atoms with Gasteiger partial charge in [-0.1, -0.05) is 25.0 Å². The molecule has 0 spiro atoms. The third kappa shape index (κ3) is 2.79. The molecule has 26 heavy (non-hydrogen) atoms. The summed E-state index contributed by atoms with van der Waals surface area (Å²) in [6.07, 6.45) is 6.20. The Hall–Kier alpha value is -2.63. The summed E-state index contributed by atoms with van der Waals surface area (Å²) in [4.78, 5) is 38.4. The molecule has 136 valence electrons. The number of carbonyl (C=O) groups excluding carboxylic acids is 1. The SMILES string of the molecule is O=C(O)[C@@H]1C[C@@H]2CCCC[C@H]2N1C(=O)Cn1ccc(=O)c2ccccc21. The van der Waals surface area contributed by atoms with Gasteiger partial charge in [0.2, 0.25) is 5.91 Å². The molecule has 1 aromatic carbocycles. The first-order chi connectivity index (χ1) is 12.6. The lowest BCUT2D eigenvalue weighted by Crippen LogP contribution is -2.47. The van der Waals surface area contributed by atoms with Crippen LogP contribution in [0.25, 0.3) is 10.9 Å². The maximum atomic E-state index is 13.1. The predicted molar refractivity (Wildman–Crippen MR) is 96.8 cm³/mol. The molecule has 1 N–H and O–H groups in total. The van der Waals surface area contributed by atoms with E-state index in [0.717, 1.165) is 25.7 Å². The Bertz CT molecular complexity index is 919. The molecule has 6 heteroatoms. The van der Waals surface area contributed by atoms with Gasteiger partial charge < -0.3 is 14.6 Å². The fraction of sp³-hybridized carbons (Fsp3) is 0.450. The van der Waals surface area contributed by atoms with Crippen LogP contribution in [0, 0.1) is 5.92 Å². The van der Waals surface area contributed by atoms with E-state index in [-0.39, 0.29) is 23.9 Å². The van der Waals surface area contributed by atoms with Crippen molar-refractivity contribution in [1.82, 2.24) is 9.47 Å². The van der Waals surface area contributed by atoms with E-state index in [1.165, 1.54) is 6.07 Å². The predicted octanol–water partition coefficient (Wildman–Crippen LogP) is 2.25. The van der Waals surface area contributed by atoms with Crippen molar-refractivity contribution in [2.75, 3.05) is 0 Å². The van der Waals surface area contributed by atoms with Crippen LogP contribution in [0.5, 0.6) is 0 Å². The Balaban J connectivity index is 1.66. The molecule has 6 nitrogen and oxygen atoms in total. The molecule has 1 saturated heterocycles. The summed E-state index contributed by atoms with van der Waals surface area (Å²) in [5.74, 6) is -0.808. The van der Waals surface area contributed by atoms with Crippen molar-refractivity contribution in [2.24, 2.45) is 5.92 Å². The number of aliphatic carboxylic acids is 1.